The van der Waals surface area contributed by atoms with Gasteiger partial charge in [-0.15, -0.1) is 10.2 Å². The second-order valence-corrected chi connectivity index (χ2v) is 5.67. The van der Waals surface area contributed by atoms with E-state index in [-0.39, 0.29) is 6.42 Å². The zero-order valence-corrected chi connectivity index (χ0v) is 10.4. The molecule has 0 saturated heterocycles. The summed E-state index contributed by atoms with van der Waals surface area (Å²) < 4.78 is 26.4. The van der Waals surface area contributed by atoms with E-state index < -0.39 is 10.0 Å². The van der Waals surface area contributed by atoms with Gasteiger partial charge >= 0.3 is 0 Å². The average Bonchev–Trinajstić information content (AvgIpc) is 2.76. The van der Waals surface area contributed by atoms with Crippen molar-refractivity contribution in [3.8, 4) is 0 Å². The number of nitrogens with one attached hydrogen (secondary N) is 1. The molecule has 0 saturated carbocycles. The number of hydrogen-bond acceptors (Lipinski definition) is 5. The van der Waals surface area contributed by atoms with Gasteiger partial charge < -0.3 is 0 Å². The predicted molar refractivity (Wildman–Crippen MR) is 64.9 cm³/mol. The molecule has 1 aliphatic carbocycles. The smallest absolute Gasteiger partial charge is 0.211 e. The molecular weight excluding hydrogens is 240 g/mol. The number of hydrogen-bond donors (Lipinski definition) is 1. The van der Waals surface area contributed by atoms with Gasteiger partial charge in [0.2, 0.25) is 10.0 Å². The van der Waals surface area contributed by atoms with Gasteiger partial charge in [-0.2, -0.15) is 0 Å². The Morgan fingerprint density at radius 2 is 2.24 bits per heavy atom. The Morgan fingerprint density at radius 1 is 1.41 bits per heavy atom. The van der Waals surface area contributed by atoms with Crippen LogP contribution in [0.25, 0.3) is 0 Å². The molecule has 0 atom stereocenters. The van der Waals surface area contributed by atoms with Crippen LogP contribution < -0.4 is 4.72 Å². The highest BCUT2D eigenvalue weighted by Gasteiger charge is 2.25. The first-order chi connectivity index (χ1) is 8.13. The number of fused-ring (bicyclic) bond motifs is 1. The fraction of sp³-hybridized carbons (Fsp3) is 0.500. The van der Waals surface area contributed by atoms with E-state index >= 15 is 0 Å². The van der Waals surface area contributed by atoms with Gasteiger partial charge in [-0.05, 0) is 23.8 Å². The SMILES string of the molecule is CCCCNS(=O)(=O)C1=CC=C2N=NN=C2C1. The third kappa shape index (κ3) is 2.67. The van der Waals surface area contributed by atoms with Crippen molar-refractivity contribution in [2.45, 2.75) is 26.2 Å². The molecule has 0 aromatic heterocycles. The monoisotopic (exact) mass is 254 g/mol. The summed E-state index contributed by atoms with van der Waals surface area (Å²) in [5.74, 6) is 0. The van der Waals surface area contributed by atoms with Crippen LogP contribution in [-0.2, 0) is 10.0 Å². The summed E-state index contributed by atoms with van der Waals surface area (Å²) in [6.07, 6.45) is 5.25. The molecule has 1 aliphatic heterocycles. The van der Waals surface area contributed by atoms with Gasteiger partial charge in [-0.25, -0.2) is 13.1 Å². The molecule has 6 nitrogen and oxygen atoms in total. The molecule has 0 spiro atoms. The Hall–Kier alpha value is -1.34. The van der Waals surface area contributed by atoms with Crippen molar-refractivity contribution in [2.75, 3.05) is 6.54 Å². The summed E-state index contributed by atoms with van der Waals surface area (Å²) in [7, 11) is -3.39. The van der Waals surface area contributed by atoms with Gasteiger partial charge in [-0.3, -0.25) is 0 Å². The minimum Gasteiger partial charge on any atom is -0.211 e. The van der Waals surface area contributed by atoms with Crippen LogP contribution in [-0.4, -0.2) is 20.7 Å². The van der Waals surface area contributed by atoms with Crippen LogP contribution in [0, 0.1) is 0 Å². The molecule has 0 aromatic rings. The topological polar surface area (TPSA) is 83.2 Å². The van der Waals surface area contributed by atoms with E-state index in [1.54, 1.807) is 12.2 Å². The Bertz CT molecular complexity index is 529. The van der Waals surface area contributed by atoms with E-state index in [1.165, 1.54) is 0 Å². The second kappa shape index (κ2) is 4.89. The van der Waals surface area contributed by atoms with Crippen LogP contribution in [0.5, 0.6) is 0 Å². The quantitative estimate of drug-likeness (QED) is 0.757. The average molecular weight is 254 g/mol. The molecule has 7 heteroatoms. The predicted octanol–water partition coefficient (Wildman–Crippen LogP) is 1.70. The summed E-state index contributed by atoms with van der Waals surface area (Å²) in [5.41, 5.74) is 1.26. The third-order valence-corrected chi connectivity index (χ3v) is 4.10. The fourth-order valence-electron chi connectivity index (χ4n) is 1.55. The summed E-state index contributed by atoms with van der Waals surface area (Å²) in [4.78, 5) is 0.323. The molecule has 0 bridgehead atoms. The molecule has 17 heavy (non-hydrogen) atoms. The lowest BCUT2D eigenvalue weighted by Crippen LogP contribution is -2.27. The maximum atomic E-state index is 11.9. The highest BCUT2D eigenvalue weighted by Crippen LogP contribution is 2.24. The normalized spacial score (nSPS) is 18.5. The van der Waals surface area contributed by atoms with Crippen molar-refractivity contribution in [3.05, 3.63) is 22.8 Å². The van der Waals surface area contributed by atoms with Gasteiger partial charge in [-0.1, -0.05) is 13.3 Å². The standard InChI is InChI=1S/C10H14N4O2S/c1-2-3-6-11-17(15,16)8-4-5-9-10(7-8)13-14-12-9/h4-5,11H,2-3,6-7H2,1H3. The maximum absolute atomic E-state index is 11.9. The van der Waals surface area contributed by atoms with Gasteiger partial charge in [0.05, 0.1) is 10.6 Å². The van der Waals surface area contributed by atoms with Crippen molar-refractivity contribution in [1.29, 1.82) is 0 Å². The van der Waals surface area contributed by atoms with Crippen LogP contribution in [0.2, 0.25) is 0 Å². The second-order valence-electron chi connectivity index (χ2n) is 3.85. The van der Waals surface area contributed by atoms with Crippen LogP contribution in [0.3, 0.4) is 0 Å². The summed E-state index contributed by atoms with van der Waals surface area (Å²) in [6, 6.07) is 0. The molecule has 0 fully saturated rings. The van der Waals surface area contributed by atoms with Crippen molar-refractivity contribution in [1.82, 2.24) is 4.72 Å². The first kappa shape index (κ1) is 12.1. The van der Waals surface area contributed by atoms with E-state index in [9.17, 15) is 8.42 Å². The molecule has 1 heterocycles. The van der Waals surface area contributed by atoms with E-state index in [4.69, 9.17) is 0 Å². The van der Waals surface area contributed by atoms with Gasteiger partial charge in [0.25, 0.3) is 0 Å². The number of nitrogens with zero attached hydrogens (tertiary/aromatic N) is 3. The Balaban J connectivity index is 2.09. The number of unbranched alkanes of at least 4 members (excludes halogenated alkanes) is 1. The molecule has 2 rings (SSSR count). The highest BCUT2D eigenvalue weighted by atomic mass is 32.2. The molecule has 2 aliphatic rings. The number of rotatable bonds is 5. The van der Waals surface area contributed by atoms with Crippen LogP contribution in [0.1, 0.15) is 26.2 Å². The molecule has 0 radical (unpaired) electrons. The van der Waals surface area contributed by atoms with Crippen molar-refractivity contribution in [2.24, 2.45) is 15.4 Å². The molecular formula is C10H14N4O2S. The van der Waals surface area contributed by atoms with E-state index in [2.05, 4.69) is 20.2 Å². The maximum Gasteiger partial charge on any atom is 0.237 e. The largest absolute Gasteiger partial charge is 0.237 e. The fourth-order valence-corrected chi connectivity index (χ4v) is 2.72. The summed E-state index contributed by atoms with van der Waals surface area (Å²) in [5, 5.41) is 11.1. The molecule has 92 valence electrons. The van der Waals surface area contributed by atoms with E-state index in [1.807, 2.05) is 6.92 Å². The van der Waals surface area contributed by atoms with Crippen LogP contribution in [0.4, 0.5) is 0 Å². The molecule has 0 unspecified atom stereocenters. The lowest BCUT2D eigenvalue weighted by molar-refractivity contribution is 0.584. The lowest BCUT2D eigenvalue weighted by atomic mass is 10.1. The van der Waals surface area contributed by atoms with Gasteiger partial charge in [0.15, 0.2) is 0 Å². The van der Waals surface area contributed by atoms with Crippen LogP contribution >= 0.6 is 0 Å². The van der Waals surface area contributed by atoms with Gasteiger partial charge in [0.1, 0.15) is 5.70 Å². The minimum atomic E-state index is -3.39. The van der Waals surface area contributed by atoms with Crippen molar-refractivity contribution >= 4 is 15.7 Å². The van der Waals surface area contributed by atoms with E-state index in [0.29, 0.717) is 22.9 Å². The minimum absolute atomic E-state index is 0.264. The third-order valence-electron chi connectivity index (χ3n) is 2.55. The van der Waals surface area contributed by atoms with Crippen molar-refractivity contribution in [3.63, 3.8) is 0 Å². The Kier molecular flexibility index (Phi) is 3.49. The zero-order valence-electron chi connectivity index (χ0n) is 9.55. The van der Waals surface area contributed by atoms with E-state index in [0.717, 1.165) is 12.8 Å². The van der Waals surface area contributed by atoms with Crippen LogP contribution in [0.15, 0.2) is 38.2 Å². The summed E-state index contributed by atoms with van der Waals surface area (Å²) >= 11 is 0. The summed E-state index contributed by atoms with van der Waals surface area (Å²) in [6.45, 7) is 2.48. The number of sulfonamides is 1. The lowest BCUT2D eigenvalue weighted by Gasteiger charge is -2.12. The first-order valence-electron chi connectivity index (χ1n) is 5.52. The Morgan fingerprint density at radius 3 is 3.00 bits per heavy atom. The first-order valence-corrected chi connectivity index (χ1v) is 7.00. The molecule has 0 amide bonds. The Labute approximate surface area is 100 Å². The van der Waals surface area contributed by atoms with Gasteiger partial charge in [0, 0.05) is 13.0 Å². The van der Waals surface area contributed by atoms with Crippen molar-refractivity contribution < 1.29 is 8.42 Å². The zero-order chi connectivity index (χ0) is 12.3. The molecule has 1 N–H and O–H groups in total. The highest BCUT2D eigenvalue weighted by molar-refractivity contribution is 7.93. The molecule has 0 aromatic carbocycles. The number of allylic oxidation sites excluding steroid dienone is 4.